The number of aliphatic hydroxyl groups is 1. The molecule has 22 heavy (non-hydrogen) atoms. The number of benzene rings is 2. The molecule has 0 saturated carbocycles. The van der Waals surface area contributed by atoms with Gasteiger partial charge in [-0.2, -0.15) is 0 Å². The second-order valence-corrected chi connectivity index (χ2v) is 6.24. The van der Waals surface area contributed by atoms with Gasteiger partial charge in [-0.15, -0.1) is 0 Å². The SMILES string of the molecule is C[C@@H](O)[C@H]1CN(Cc2ccccc2)C[C@@H]1c1ccc(F)cc1. The Morgan fingerprint density at radius 2 is 1.77 bits per heavy atom. The Morgan fingerprint density at radius 3 is 2.41 bits per heavy atom. The molecule has 0 unspecified atom stereocenters. The number of aliphatic hydroxyl groups excluding tert-OH is 1. The summed E-state index contributed by atoms with van der Waals surface area (Å²) < 4.78 is 13.1. The molecule has 3 heteroatoms. The van der Waals surface area contributed by atoms with Crippen molar-refractivity contribution in [1.29, 1.82) is 0 Å². The first kappa shape index (κ1) is 15.2. The number of rotatable bonds is 4. The van der Waals surface area contributed by atoms with E-state index in [1.54, 1.807) is 0 Å². The van der Waals surface area contributed by atoms with E-state index in [2.05, 4.69) is 29.2 Å². The van der Waals surface area contributed by atoms with Crippen LogP contribution in [-0.4, -0.2) is 29.2 Å². The van der Waals surface area contributed by atoms with Gasteiger partial charge in [0.1, 0.15) is 5.82 Å². The van der Waals surface area contributed by atoms with E-state index in [9.17, 15) is 9.50 Å². The predicted molar refractivity (Wildman–Crippen MR) is 86.0 cm³/mol. The summed E-state index contributed by atoms with van der Waals surface area (Å²) in [6.45, 7) is 4.51. The molecular formula is C19H22FNO. The van der Waals surface area contributed by atoms with Gasteiger partial charge in [0.15, 0.2) is 0 Å². The zero-order valence-corrected chi connectivity index (χ0v) is 12.8. The topological polar surface area (TPSA) is 23.5 Å². The quantitative estimate of drug-likeness (QED) is 0.935. The highest BCUT2D eigenvalue weighted by molar-refractivity contribution is 5.24. The van der Waals surface area contributed by atoms with Crippen LogP contribution in [0, 0.1) is 11.7 Å². The van der Waals surface area contributed by atoms with Crippen molar-refractivity contribution in [3.63, 3.8) is 0 Å². The Labute approximate surface area is 131 Å². The first-order valence-electron chi connectivity index (χ1n) is 7.83. The summed E-state index contributed by atoms with van der Waals surface area (Å²) in [4.78, 5) is 2.38. The lowest BCUT2D eigenvalue weighted by Gasteiger charge is -2.21. The summed E-state index contributed by atoms with van der Waals surface area (Å²) in [5.74, 6) is 0.231. The average Bonchev–Trinajstić information content (AvgIpc) is 2.93. The largest absolute Gasteiger partial charge is 0.393 e. The zero-order chi connectivity index (χ0) is 15.5. The lowest BCUT2D eigenvalue weighted by molar-refractivity contribution is 0.120. The molecule has 2 aromatic rings. The van der Waals surface area contributed by atoms with E-state index in [0.717, 1.165) is 25.2 Å². The van der Waals surface area contributed by atoms with Crippen molar-refractivity contribution >= 4 is 0 Å². The van der Waals surface area contributed by atoms with E-state index < -0.39 is 0 Å². The number of nitrogens with zero attached hydrogens (tertiary/aromatic N) is 1. The second kappa shape index (κ2) is 6.59. The fourth-order valence-corrected chi connectivity index (χ4v) is 3.44. The van der Waals surface area contributed by atoms with Gasteiger partial charge >= 0.3 is 0 Å². The maximum atomic E-state index is 13.1. The highest BCUT2D eigenvalue weighted by atomic mass is 19.1. The van der Waals surface area contributed by atoms with E-state index in [1.165, 1.54) is 17.7 Å². The van der Waals surface area contributed by atoms with Gasteiger partial charge in [0.05, 0.1) is 6.10 Å². The molecule has 2 aromatic carbocycles. The van der Waals surface area contributed by atoms with Gasteiger partial charge in [-0.05, 0) is 30.2 Å². The molecule has 1 fully saturated rings. The minimum Gasteiger partial charge on any atom is -0.393 e. The summed E-state index contributed by atoms with van der Waals surface area (Å²) in [6.07, 6.45) is -0.365. The van der Waals surface area contributed by atoms with Crippen LogP contribution in [0.15, 0.2) is 54.6 Å². The van der Waals surface area contributed by atoms with Crippen LogP contribution in [0.3, 0.4) is 0 Å². The Morgan fingerprint density at radius 1 is 1.09 bits per heavy atom. The Balaban J connectivity index is 1.76. The van der Waals surface area contributed by atoms with E-state index in [1.807, 2.05) is 25.1 Å². The van der Waals surface area contributed by atoms with E-state index in [0.29, 0.717) is 0 Å². The van der Waals surface area contributed by atoms with Crippen molar-refractivity contribution in [3.8, 4) is 0 Å². The molecule has 1 saturated heterocycles. The van der Waals surface area contributed by atoms with Gasteiger partial charge in [0, 0.05) is 31.5 Å². The van der Waals surface area contributed by atoms with Crippen molar-refractivity contribution < 1.29 is 9.50 Å². The van der Waals surface area contributed by atoms with Gasteiger partial charge in [-0.1, -0.05) is 42.5 Å². The van der Waals surface area contributed by atoms with Crippen molar-refractivity contribution in [2.24, 2.45) is 5.92 Å². The standard InChI is InChI=1S/C19H22FNO/c1-14(22)18-12-21(11-15-5-3-2-4-6-15)13-19(18)16-7-9-17(20)10-8-16/h2-10,14,18-19,22H,11-13H2,1H3/t14-,18-,19-/m1/s1. The Kier molecular flexibility index (Phi) is 4.55. The number of hydrogen-bond donors (Lipinski definition) is 1. The summed E-state index contributed by atoms with van der Waals surface area (Å²) >= 11 is 0. The van der Waals surface area contributed by atoms with Gasteiger partial charge in [-0.25, -0.2) is 4.39 Å². The third kappa shape index (κ3) is 3.37. The first-order chi connectivity index (χ1) is 10.6. The van der Waals surface area contributed by atoms with E-state index >= 15 is 0 Å². The monoisotopic (exact) mass is 299 g/mol. The molecular weight excluding hydrogens is 277 g/mol. The highest BCUT2D eigenvalue weighted by Gasteiger charge is 2.36. The van der Waals surface area contributed by atoms with E-state index in [4.69, 9.17) is 0 Å². The maximum Gasteiger partial charge on any atom is 0.123 e. The van der Waals surface area contributed by atoms with Crippen LogP contribution in [0.5, 0.6) is 0 Å². The maximum absolute atomic E-state index is 13.1. The molecule has 3 atom stereocenters. The smallest absolute Gasteiger partial charge is 0.123 e. The Hall–Kier alpha value is -1.71. The molecule has 0 aromatic heterocycles. The summed E-state index contributed by atoms with van der Waals surface area (Å²) in [5, 5.41) is 10.1. The van der Waals surface area contributed by atoms with Gasteiger partial charge < -0.3 is 5.11 Å². The highest BCUT2D eigenvalue weighted by Crippen LogP contribution is 2.35. The summed E-state index contributed by atoms with van der Waals surface area (Å²) in [7, 11) is 0. The number of likely N-dealkylation sites (tertiary alicyclic amines) is 1. The van der Waals surface area contributed by atoms with Crippen LogP contribution < -0.4 is 0 Å². The second-order valence-electron chi connectivity index (χ2n) is 6.24. The van der Waals surface area contributed by atoms with Gasteiger partial charge in [-0.3, -0.25) is 4.90 Å². The molecule has 0 aliphatic carbocycles. The molecule has 0 radical (unpaired) electrons. The lowest BCUT2D eigenvalue weighted by atomic mass is 9.86. The predicted octanol–water partition coefficient (Wildman–Crippen LogP) is 3.42. The molecule has 0 spiro atoms. The lowest BCUT2D eigenvalue weighted by Crippen LogP contribution is -2.25. The van der Waals surface area contributed by atoms with Crippen LogP contribution in [-0.2, 0) is 6.54 Å². The molecule has 1 aliphatic heterocycles. The third-order valence-electron chi connectivity index (χ3n) is 4.61. The molecule has 2 nitrogen and oxygen atoms in total. The minimum absolute atomic E-state index is 0.189. The molecule has 0 bridgehead atoms. The first-order valence-corrected chi connectivity index (χ1v) is 7.83. The fraction of sp³-hybridized carbons (Fsp3) is 0.368. The number of hydrogen-bond acceptors (Lipinski definition) is 2. The van der Waals surface area contributed by atoms with Gasteiger partial charge in [0.25, 0.3) is 0 Å². The van der Waals surface area contributed by atoms with Crippen molar-refractivity contribution in [3.05, 3.63) is 71.5 Å². The average molecular weight is 299 g/mol. The summed E-state index contributed by atoms with van der Waals surface area (Å²) in [6, 6.07) is 17.1. The molecule has 1 heterocycles. The minimum atomic E-state index is -0.365. The molecule has 3 rings (SSSR count). The van der Waals surface area contributed by atoms with Crippen LogP contribution in [0.4, 0.5) is 4.39 Å². The van der Waals surface area contributed by atoms with Crippen LogP contribution >= 0.6 is 0 Å². The van der Waals surface area contributed by atoms with Gasteiger partial charge in [0.2, 0.25) is 0 Å². The van der Waals surface area contributed by atoms with Crippen LogP contribution in [0.2, 0.25) is 0 Å². The van der Waals surface area contributed by atoms with Crippen molar-refractivity contribution in [1.82, 2.24) is 4.90 Å². The molecule has 1 N–H and O–H groups in total. The fourth-order valence-electron chi connectivity index (χ4n) is 3.44. The normalized spacial score (nSPS) is 23.6. The molecule has 0 amide bonds. The Bertz CT molecular complexity index is 597. The molecule has 1 aliphatic rings. The van der Waals surface area contributed by atoms with Crippen LogP contribution in [0.25, 0.3) is 0 Å². The van der Waals surface area contributed by atoms with Crippen LogP contribution in [0.1, 0.15) is 24.0 Å². The third-order valence-corrected chi connectivity index (χ3v) is 4.61. The number of halogens is 1. The summed E-state index contributed by atoms with van der Waals surface area (Å²) in [5.41, 5.74) is 2.40. The van der Waals surface area contributed by atoms with Crippen molar-refractivity contribution in [2.45, 2.75) is 25.5 Å². The zero-order valence-electron chi connectivity index (χ0n) is 12.8. The van der Waals surface area contributed by atoms with Crippen molar-refractivity contribution in [2.75, 3.05) is 13.1 Å². The molecule has 116 valence electrons. The van der Waals surface area contributed by atoms with E-state index in [-0.39, 0.29) is 23.8 Å².